The average molecular weight is 527 g/mol. The first-order valence-corrected chi connectivity index (χ1v) is 11.9. The van der Waals surface area contributed by atoms with Gasteiger partial charge in [-0.3, -0.25) is 4.99 Å². The first-order chi connectivity index (χ1) is 12.5. The lowest BCUT2D eigenvalue weighted by Gasteiger charge is -2.34. The minimum absolute atomic E-state index is 0. The molecule has 0 bridgehead atoms. The maximum atomic E-state index is 11.9. The Balaban J connectivity index is 0.00000261. The van der Waals surface area contributed by atoms with Gasteiger partial charge in [0.05, 0.1) is 11.3 Å². The monoisotopic (exact) mass is 527 g/mol. The predicted octanol–water partition coefficient (Wildman–Crippen LogP) is 1.92. The Kier molecular flexibility index (Phi) is 8.63. The number of thiophene rings is 1. The van der Waals surface area contributed by atoms with E-state index in [-0.39, 0.29) is 30.0 Å². The number of hydrogen-bond acceptors (Lipinski definition) is 5. The standard InChI is InChI=1S/C17H29N5O2S2.HI/c1-18-17(19-13-15-5-3-9-22(15)26(2,23)24)20-14-7-10-21(11-8-14)16-6-4-12-25-16;/h4,6,12,14-15H,3,5,7-11,13H2,1-2H3,(H2,18,19,20);1H/t15-;/m1./s1. The van der Waals surface area contributed by atoms with E-state index in [4.69, 9.17) is 0 Å². The molecule has 1 aromatic rings. The normalized spacial score (nSPS) is 22.5. The fourth-order valence-corrected chi connectivity index (χ4v) is 5.71. The summed E-state index contributed by atoms with van der Waals surface area (Å²) in [6.45, 7) is 3.30. The topological polar surface area (TPSA) is 77.0 Å². The van der Waals surface area contributed by atoms with Gasteiger partial charge in [-0.1, -0.05) is 0 Å². The molecule has 2 fully saturated rings. The van der Waals surface area contributed by atoms with Crippen molar-refractivity contribution in [3.8, 4) is 0 Å². The third kappa shape index (κ3) is 6.20. The van der Waals surface area contributed by atoms with Crippen molar-refractivity contribution in [1.82, 2.24) is 14.9 Å². The van der Waals surface area contributed by atoms with Crippen LogP contribution in [0.3, 0.4) is 0 Å². The van der Waals surface area contributed by atoms with Crippen LogP contribution in [0.4, 0.5) is 5.00 Å². The van der Waals surface area contributed by atoms with E-state index in [1.54, 1.807) is 22.7 Å². The summed E-state index contributed by atoms with van der Waals surface area (Å²) in [5.74, 6) is 0.764. The lowest BCUT2D eigenvalue weighted by Crippen LogP contribution is -2.51. The van der Waals surface area contributed by atoms with Crippen LogP contribution in [0, 0.1) is 0 Å². The highest BCUT2D eigenvalue weighted by Gasteiger charge is 2.31. The molecule has 1 aromatic heterocycles. The zero-order valence-electron chi connectivity index (χ0n) is 15.9. The number of halogens is 1. The fraction of sp³-hybridized carbons (Fsp3) is 0.706. The van der Waals surface area contributed by atoms with Gasteiger partial charge >= 0.3 is 0 Å². The van der Waals surface area contributed by atoms with Crippen molar-refractivity contribution in [3.63, 3.8) is 0 Å². The first kappa shape index (κ1) is 22.7. The van der Waals surface area contributed by atoms with E-state index in [0.29, 0.717) is 19.1 Å². The Bertz CT molecular complexity index is 703. The van der Waals surface area contributed by atoms with Crippen LogP contribution in [0.15, 0.2) is 22.5 Å². The molecule has 0 spiro atoms. The quantitative estimate of drug-likeness (QED) is 0.348. The molecule has 0 amide bonds. The molecular formula is C17H30IN5O2S2. The van der Waals surface area contributed by atoms with Crippen LogP contribution in [0.5, 0.6) is 0 Å². The third-order valence-corrected chi connectivity index (χ3v) is 7.39. The summed E-state index contributed by atoms with van der Waals surface area (Å²) < 4.78 is 25.3. The van der Waals surface area contributed by atoms with E-state index in [2.05, 4.69) is 38.0 Å². The van der Waals surface area contributed by atoms with Gasteiger partial charge in [0.15, 0.2) is 5.96 Å². The zero-order chi connectivity index (χ0) is 18.6. The molecule has 2 saturated heterocycles. The largest absolute Gasteiger partial charge is 0.363 e. The van der Waals surface area contributed by atoms with Crippen LogP contribution in [0.25, 0.3) is 0 Å². The summed E-state index contributed by atoms with van der Waals surface area (Å²) in [6.07, 6.45) is 5.25. The van der Waals surface area contributed by atoms with Gasteiger partial charge in [0.25, 0.3) is 0 Å². The van der Waals surface area contributed by atoms with Gasteiger partial charge < -0.3 is 15.5 Å². The second-order valence-electron chi connectivity index (χ2n) is 6.98. The smallest absolute Gasteiger partial charge is 0.211 e. The predicted molar refractivity (Wildman–Crippen MR) is 124 cm³/mol. The molecule has 3 rings (SSSR count). The summed E-state index contributed by atoms with van der Waals surface area (Å²) in [5.41, 5.74) is 0. The van der Waals surface area contributed by atoms with Crippen molar-refractivity contribution in [2.75, 3.05) is 44.4 Å². The van der Waals surface area contributed by atoms with E-state index in [9.17, 15) is 8.42 Å². The van der Waals surface area contributed by atoms with Gasteiger partial charge in [-0.05, 0) is 43.2 Å². The summed E-state index contributed by atoms with van der Waals surface area (Å²) in [7, 11) is -1.37. The average Bonchev–Trinajstić information content (AvgIpc) is 3.30. The summed E-state index contributed by atoms with van der Waals surface area (Å²) in [5, 5.41) is 10.3. The molecule has 2 aliphatic rings. The van der Waals surface area contributed by atoms with Gasteiger partial charge in [-0.25, -0.2) is 8.42 Å². The summed E-state index contributed by atoms with van der Waals surface area (Å²) >= 11 is 1.79. The lowest BCUT2D eigenvalue weighted by molar-refractivity contribution is 0.385. The van der Waals surface area contributed by atoms with E-state index in [0.717, 1.165) is 44.7 Å². The van der Waals surface area contributed by atoms with Crippen molar-refractivity contribution < 1.29 is 8.42 Å². The van der Waals surface area contributed by atoms with Crippen molar-refractivity contribution in [2.24, 2.45) is 4.99 Å². The molecule has 0 aliphatic carbocycles. The highest BCUT2D eigenvalue weighted by atomic mass is 127. The maximum absolute atomic E-state index is 11.9. The summed E-state index contributed by atoms with van der Waals surface area (Å²) in [4.78, 5) is 6.75. The number of aliphatic imine (C=N–C) groups is 1. The number of sulfonamides is 1. The van der Waals surface area contributed by atoms with Gasteiger partial charge in [0, 0.05) is 45.3 Å². The molecule has 154 valence electrons. The molecule has 27 heavy (non-hydrogen) atoms. The van der Waals surface area contributed by atoms with Crippen LogP contribution in [0.1, 0.15) is 25.7 Å². The van der Waals surface area contributed by atoms with Gasteiger partial charge in [0.1, 0.15) is 0 Å². The molecule has 0 saturated carbocycles. The molecule has 0 radical (unpaired) electrons. The number of nitrogens with zero attached hydrogens (tertiary/aromatic N) is 3. The number of hydrogen-bond donors (Lipinski definition) is 2. The van der Waals surface area contributed by atoms with Crippen LogP contribution < -0.4 is 15.5 Å². The molecule has 2 N–H and O–H groups in total. The Hall–Kier alpha value is -0.590. The Morgan fingerprint density at radius 3 is 2.63 bits per heavy atom. The second kappa shape index (κ2) is 10.3. The molecular weight excluding hydrogens is 497 g/mol. The van der Waals surface area contributed by atoms with E-state index in [1.165, 1.54) is 11.3 Å². The maximum Gasteiger partial charge on any atom is 0.211 e. The highest BCUT2D eigenvalue weighted by Crippen LogP contribution is 2.24. The molecule has 1 atom stereocenters. The number of nitrogens with one attached hydrogen (secondary N) is 2. The fourth-order valence-electron chi connectivity index (χ4n) is 3.75. The number of rotatable bonds is 5. The molecule has 0 aromatic carbocycles. The van der Waals surface area contributed by atoms with E-state index < -0.39 is 10.0 Å². The zero-order valence-corrected chi connectivity index (χ0v) is 19.9. The SMILES string of the molecule is CN=C(NC[C@H]1CCCN1S(C)(=O)=O)NC1CCN(c2cccs2)CC1.I. The molecule has 0 unspecified atom stereocenters. The van der Waals surface area contributed by atoms with Crippen LogP contribution in [-0.4, -0.2) is 70.2 Å². The minimum Gasteiger partial charge on any atom is -0.363 e. The van der Waals surface area contributed by atoms with Crippen molar-refractivity contribution in [2.45, 2.75) is 37.8 Å². The Labute approximate surface area is 183 Å². The van der Waals surface area contributed by atoms with Gasteiger partial charge in [0.2, 0.25) is 10.0 Å². The van der Waals surface area contributed by atoms with Crippen molar-refractivity contribution >= 4 is 56.3 Å². The van der Waals surface area contributed by atoms with Gasteiger partial charge in [-0.15, -0.1) is 35.3 Å². The number of anilines is 1. The Morgan fingerprint density at radius 2 is 2.04 bits per heavy atom. The molecule has 2 aliphatic heterocycles. The lowest BCUT2D eigenvalue weighted by atomic mass is 10.1. The second-order valence-corrected chi connectivity index (χ2v) is 9.84. The Morgan fingerprint density at radius 1 is 1.30 bits per heavy atom. The third-order valence-electron chi connectivity index (χ3n) is 5.13. The molecule has 3 heterocycles. The first-order valence-electron chi connectivity index (χ1n) is 9.20. The number of guanidine groups is 1. The van der Waals surface area contributed by atoms with Crippen molar-refractivity contribution in [3.05, 3.63) is 17.5 Å². The van der Waals surface area contributed by atoms with E-state index in [1.807, 2.05) is 0 Å². The van der Waals surface area contributed by atoms with Crippen LogP contribution in [0.2, 0.25) is 0 Å². The van der Waals surface area contributed by atoms with Crippen LogP contribution >= 0.6 is 35.3 Å². The van der Waals surface area contributed by atoms with E-state index >= 15 is 0 Å². The van der Waals surface area contributed by atoms with Crippen molar-refractivity contribution in [1.29, 1.82) is 0 Å². The summed E-state index contributed by atoms with van der Waals surface area (Å²) in [6, 6.07) is 4.68. The number of piperidine rings is 1. The molecule has 10 heteroatoms. The minimum atomic E-state index is -3.13. The molecule has 7 nitrogen and oxygen atoms in total. The van der Waals surface area contributed by atoms with Gasteiger partial charge in [-0.2, -0.15) is 4.31 Å². The highest BCUT2D eigenvalue weighted by molar-refractivity contribution is 14.0. The van der Waals surface area contributed by atoms with Crippen LogP contribution in [-0.2, 0) is 10.0 Å².